The second-order valence-electron chi connectivity index (χ2n) is 5.02. The van der Waals surface area contributed by atoms with Crippen LogP contribution in [0.3, 0.4) is 0 Å². The van der Waals surface area contributed by atoms with E-state index in [0.717, 1.165) is 24.7 Å². The number of phenolic OH excluding ortho intramolecular Hbond substituents is 1. The number of likely N-dealkylation sites (tertiary alicyclic amines) is 1. The van der Waals surface area contributed by atoms with Crippen molar-refractivity contribution in [1.29, 1.82) is 0 Å². The van der Waals surface area contributed by atoms with Gasteiger partial charge in [-0.3, -0.25) is 4.79 Å². The zero-order chi connectivity index (χ0) is 13.7. The number of carbonyl (C=O) groups excluding carboxylic acids is 2. The van der Waals surface area contributed by atoms with Crippen LogP contribution in [0.25, 0.3) is 0 Å². The van der Waals surface area contributed by atoms with E-state index in [9.17, 15) is 14.7 Å². The number of piperidine rings is 1. The van der Waals surface area contributed by atoms with Gasteiger partial charge in [-0.2, -0.15) is 0 Å². The number of benzene rings is 1. The highest BCUT2D eigenvalue weighted by atomic mass is 16.3. The first kappa shape index (κ1) is 13.6. The van der Waals surface area contributed by atoms with Crippen LogP contribution in [0.2, 0.25) is 0 Å². The lowest BCUT2D eigenvalue weighted by Gasteiger charge is -2.29. The van der Waals surface area contributed by atoms with E-state index in [4.69, 9.17) is 0 Å². The lowest BCUT2D eigenvalue weighted by Crippen LogP contribution is -2.38. The molecule has 4 heteroatoms. The zero-order valence-electron chi connectivity index (χ0n) is 10.9. The summed E-state index contributed by atoms with van der Waals surface area (Å²) < 4.78 is 0. The Hall–Kier alpha value is -1.84. The smallest absolute Gasteiger partial charge is 0.222 e. The van der Waals surface area contributed by atoms with Crippen LogP contribution < -0.4 is 0 Å². The molecule has 1 saturated heterocycles. The van der Waals surface area contributed by atoms with Gasteiger partial charge in [0.25, 0.3) is 0 Å². The van der Waals surface area contributed by atoms with E-state index in [1.54, 1.807) is 12.1 Å². The molecule has 0 unspecified atom stereocenters. The van der Waals surface area contributed by atoms with E-state index < -0.39 is 0 Å². The average molecular weight is 261 g/mol. The van der Waals surface area contributed by atoms with Crippen LogP contribution in [0, 0.1) is 5.92 Å². The molecule has 1 aromatic rings. The number of nitrogens with zero attached hydrogens (tertiary/aromatic N) is 1. The number of aromatic hydroxyl groups is 1. The molecule has 19 heavy (non-hydrogen) atoms. The quantitative estimate of drug-likeness (QED) is 0.840. The van der Waals surface area contributed by atoms with Crippen molar-refractivity contribution in [2.45, 2.75) is 25.7 Å². The summed E-state index contributed by atoms with van der Waals surface area (Å²) >= 11 is 0. The summed E-state index contributed by atoms with van der Waals surface area (Å²) in [6.07, 6.45) is 3.74. The predicted molar refractivity (Wildman–Crippen MR) is 71.8 cm³/mol. The fourth-order valence-corrected chi connectivity index (χ4v) is 2.36. The van der Waals surface area contributed by atoms with Gasteiger partial charge in [-0.15, -0.1) is 0 Å². The zero-order valence-corrected chi connectivity index (χ0v) is 10.9. The van der Waals surface area contributed by atoms with Gasteiger partial charge in [0.1, 0.15) is 12.0 Å². The third-order valence-corrected chi connectivity index (χ3v) is 3.65. The maximum Gasteiger partial charge on any atom is 0.222 e. The van der Waals surface area contributed by atoms with Gasteiger partial charge in [0, 0.05) is 25.4 Å². The molecule has 0 aromatic heterocycles. The molecular formula is C15H19NO3. The molecular weight excluding hydrogens is 242 g/mol. The molecule has 0 spiro atoms. The second kappa shape index (κ2) is 6.36. The monoisotopic (exact) mass is 261 g/mol. The molecule has 1 N–H and O–H groups in total. The fourth-order valence-electron chi connectivity index (χ4n) is 2.36. The fraction of sp³-hybridized carbons (Fsp3) is 0.467. The lowest BCUT2D eigenvalue weighted by atomic mass is 9.98. The minimum absolute atomic E-state index is 0.126. The Kier molecular flexibility index (Phi) is 4.55. The normalized spacial score (nSPS) is 16.3. The number of hydrogen-bond donors (Lipinski definition) is 1. The Morgan fingerprint density at radius 2 is 1.89 bits per heavy atom. The van der Waals surface area contributed by atoms with E-state index in [1.165, 1.54) is 0 Å². The number of phenols is 1. The van der Waals surface area contributed by atoms with Crippen molar-refractivity contribution < 1.29 is 14.7 Å². The van der Waals surface area contributed by atoms with Crippen LogP contribution in [0.5, 0.6) is 5.75 Å². The topological polar surface area (TPSA) is 57.6 Å². The molecule has 1 aromatic carbocycles. The molecule has 1 aliphatic heterocycles. The van der Waals surface area contributed by atoms with E-state index >= 15 is 0 Å². The van der Waals surface area contributed by atoms with Gasteiger partial charge in [0.15, 0.2) is 0 Å². The minimum atomic E-state index is 0.126. The average Bonchev–Trinajstić information content (AvgIpc) is 2.46. The van der Waals surface area contributed by atoms with Gasteiger partial charge in [0.05, 0.1) is 0 Å². The molecule has 1 heterocycles. The number of hydrogen-bond acceptors (Lipinski definition) is 3. The van der Waals surface area contributed by atoms with Crippen LogP contribution in [0.1, 0.15) is 24.8 Å². The summed E-state index contributed by atoms with van der Waals surface area (Å²) in [5.41, 5.74) is 1.05. The highest BCUT2D eigenvalue weighted by molar-refractivity contribution is 5.76. The Morgan fingerprint density at radius 1 is 1.26 bits per heavy atom. The molecule has 0 atom stereocenters. The van der Waals surface area contributed by atoms with Crippen LogP contribution in [0.15, 0.2) is 24.3 Å². The number of amides is 1. The van der Waals surface area contributed by atoms with Crippen molar-refractivity contribution >= 4 is 12.2 Å². The molecule has 1 fully saturated rings. The van der Waals surface area contributed by atoms with E-state index in [0.29, 0.717) is 25.9 Å². The first-order valence-electron chi connectivity index (χ1n) is 6.70. The van der Waals surface area contributed by atoms with Gasteiger partial charge >= 0.3 is 0 Å². The SMILES string of the molecule is O=CC1CCN(C(=O)CCc2ccc(O)cc2)CC1. The Labute approximate surface area is 113 Å². The molecule has 1 aliphatic rings. The number of aryl methyl sites for hydroxylation is 1. The summed E-state index contributed by atoms with van der Waals surface area (Å²) in [4.78, 5) is 24.5. The van der Waals surface area contributed by atoms with Crippen LogP contribution in [-0.2, 0) is 16.0 Å². The van der Waals surface area contributed by atoms with Gasteiger partial charge < -0.3 is 14.8 Å². The highest BCUT2D eigenvalue weighted by Gasteiger charge is 2.21. The van der Waals surface area contributed by atoms with Crippen LogP contribution >= 0.6 is 0 Å². The summed E-state index contributed by atoms with van der Waals surface area (Å²) in [5.74, 6) is 0.518. The van der Waals surface area contributed by atoms with Crippen molar-refractivity contribution in [3.63, 3.8) is 0 Å². The highest BCUT2D eigenvalue weighted by Crippen LogP contribution is 2.17. The van der Waals surface area contributed by atoms with Gasteiger partial charge in [-0.25, -0.2) is 0 Å². The van der Waals surface area contributed by atoms with Crippen LogP contribution in [-0.4, -0.2) is 35.3 Å². The largest absolute Gasteiger partial charge is 0.508 e. The standard InChI is InChI=1S/C15H19NO3/c17-11-13-7-9-16(10-8-13)15(19)6-3-12-1-4-14(18)5-2-12/h1-2,4-5,11,13,18H,3,6-10H2. The molecule has 0 radical (unpaired) electrons. The Bertz CT molecular complexity index is 433. The van der Waals surface area contributed by atoms with Gasteiger partial charge in [0.2, 0.25) is 5.91 Å². The predicted octanol–water partition coefficient (Wildman–Crippen LogP) is 1.76. The summed E-state index contributed by atoms with van der Waals surface area (Å²) in [6, 6.07) is 6.94. The first-order chi connectivity index (χ1) is 9.19. The summed E-state index contributed by atoms with van der Waals surface area (Å²) in [7, 11) is 0. The maximum atomic E-state index is 12.0. The van der Waals surface area contributed by atoms with E-state index in [-0.39, 0.29) is 17.6 Å². The molecule has 4 nitrogen and oxygen atoms in total. The van der Waals surface area contributed by atoms with E-state index in [2.05, 4.69) is 0 Å². The Balaban J connectivity index is 1.78. The van der Waals surface area contributed by atoms with Crippen molar-refractivity contribution in [1.82, 2.24) is 4.90 Å². The van der Waals surface area contributed by atoms with E-state index in [1.807, 2.05) is 17.0 Å². The molecule has 0 aliphatic carbocycles. The van der Waals surface area contributed by atoms with Crippen LogP contribution in [0.4, 0.5) is 0 Å². The first-order valence-corrected chi connectivity index (χ1v) is 6.70. The van der Waals surface area contributed by atoms with Gasteiger partial charge in [-0.1, -0.05) is 12.1 Å². The van der Waals surface area contributed by atoms with Crippen molar-refractivity contribution in [3.05, 3.63) is 29.8 Å². The maximum absolute atomic E-state index is 12.0. The number of rotatable bonds is 4. The third-order valence-electron chi connectivity index (χ3n) is 3.65. The summed E-state index contributed by atoms with van der Waals surface area (Å²) in [5, 5.41) is 9.18. The van der Waals surface area contributed by atoms with Gasteiger partial charge in [-0.05, 0) is 37.0 Å². The van der Waals surface area contributed by atoms with Crippen molar-refractivity contribution in [2.24, 2.45) is 5.92 Å². The Morgan fingerprint density at radius 3 is 2.47 bits per heavy atom. The molecule has 1 amide bonds. The molecule has 0 saturated carbocycles. The summed E-state index contributed by atoms with van der Waals surface area (Å²) in [6.45, 7) is 1.38. The number of aldehydes is 1. The molecule has 0 bridgehead atoms. The lowest BCUT2D eigenvalue weighted by molar-refractivity contribution is -0.133. The molecule has 102 valence electrons. The number of carbonyl (C=O) groups is 2. The second-order valence-corrected chi connectivity index (χ2v) is 5.02. The third kappa shape index (κ3) is 3.81. The molecule has 2 rings (SSSR count). The van der Waals surface area contributed by atoms with Crippen molar-refractivity contribution in [3.8, 4) is 5.75 Å². The minimum Gasteiger partial charge on any atom is -0.508 e. The van der Waals surface area contributed by atoms with Crippen molar-refractivity contribution in [2.75, 3.05) is 13.1 Å².